The Bertz CT molecular complexity index is 713. The number of hydrogen-bond acceptors (Lipinski definition) is 3. The van der Waals surface area contributed by atoms with Gasteiger partial charge >= 0.3 is 0 Å². The molecule has 5 nitrogen and oxygen atoms in total. The van der Waals surface area contributed by atoms with Gasteiger partial charge in [0.15, 0.2) is 0 Å². The van der Waals surface area contributed by atoms with Gasteiger partial charge in [0.2, 0.25) is 0 Å². The zero-order valence-corrected chi connectivity index (χ0v) is 12.7. The third-order valence-corrected chi connectivity index (χ3v) is 4.42. The topological polar surface area (TPSA) is 77.1 Å². The van der Waals surface area contributed by atoms with Crippen LogP contribution in [0.1, 0.15) is 16.8 Å². The van der Waals surface area contributed by atoms with Crippen LogP contribution in [0.15, 0.2) is 35.4 Å². The van der Waals surface area contributed by atoms with Crippen molar-refractivity contribution in [3.63, 3.8) is 0 Å². The van der Waals surface area contributed by atoms with Crippen molar-refractivity contribution in [1.29, 1.82) is 0 Å². The van der Waals surface area contributed by atoms with Gasteiger partial charge in [-0.15, -0.1) is 0 Å². The second kappa shape index (κ2) is 5.30. The van der Waals surface area contributed by atoms with E-state index >= 15 is 0 Å². The Morgan fingerprint density at radius 2 is 1.75 bits per heavy atom. The molecule has 20 heavy (non-hydrogen) atoms. The largest absolute Gasteiger partial charge is 0.352 e. The van der Waals surface area contributed by atoms with Gasteiger partial charge in [-0.05, 0) is 43.2 Å². The summed E-state index contributed by atoms with van der Waals surface area (Å²) >= 11 is 0. The zero-order valence-electron chi connectivity index (χ0n) is 11.8. The lowest BCUT2D eigenvalue weighted by atomic mass is 10.1. The highest BCUT2D eigenvalue weighted by Crippen LogP contribution is 2.20. The number of aryl methyl sites for hydroxylation is 3. The van der Waals surface area contributed by atoms with E-state index in [1.807, 2.05) is 19.9 Å². The molecule has 1 aromatic carbocycles. The summed E-state index contributed by atoms with van der Waals surface area (Å²) in [6.07, 6.45) is 1.56. The molecule has 1 aromatic heterocycles. The first kappa shape index (κ1) is 14.6. The van der Waals surface area contributed by atoms with Gasteiger partial charge in [0.25, 0.3) is 10.0 Å². The van der Waals surface area contributed by atoms with Crippen LogP contribution >= 0.6 is 0 Å². The van der Waals surface area contributed by atoms with E-state index in [1.165, 1.54) is 0 Å². The molecule has 0 bridgehead atoms. The highest BCUT2D eigenvalue weighted by atomic mass is 32.2. The molecule has 0 aliphatic carbocycles. The third kappa shape index (κ3) is 3.02. The van der Waals surface area contributed by atoms with Crippen molar-refractivity contribution in [3.05, 3.63) is 47.3 Å². The Morgan fingerprint density at radius 3 is 2.25 bits per heavy atom. The number of nitrogens with one attached hydrogen (secondary N) is 1. The molecule has 0 amide bonds. The van der Waals surface area contributed by atoms with E-state index < -0.39 is 10.0 Å². The van der Waals surface area contributed by atoms with Crippen LogP contribution in [0.2, 0.25) is 0 Å². The second-order valence-corrected chi connectivity index (χ2v) is 6.65. The summed E-state index contributed by atoms with van der Waals surface area (Å²) in [5.74, 6) is 0. The molecule has 0 aliphatic rings. The number of anilines is 1. The molecule has 0 spiro atoms. The molecule has 0 fully saturated rings. The van der Waals surface area contributed by atoms with Crippen LogP contribution in [0.4, 0.5) is 5.69 Å². The van der Waals surface area contributed by atoms with Crippen LogP contribution in [-0.2, 0) is 23.6 Å². The second-order valence-electron chi connectivity index (χ2n) is 4.96. The molecule has 0 saturated heterocycles. The number of hydrogen-bond donors (Lipinski definition) is 2. The van der Waals surface area contributed by atoms with Gasteiger partial charge < -0.3 is 10.3 Å². The standard InChI is InChI=1S/C14H19N3O2S/c1-10-4-11(2)6-12(5-10)16-20(18,19)14-7-13(8-15)17(3)9-14/h4-7,9,16H,8,15H2,1-3H3. The number of rotatable bonds is 4. The van der Waals surface area contributed by atoms with Crippen molar-refractivity contribution in [3.8, 4) is 0 Å². The predicted octanol–water partition coefficient (Wildman–Crippen LogP) is 1.90. The van der Waals surface area contributed by atoms with E-state index in [0.717, 1.165) is 16.8 Å². The molecule has 2 aromatic rings. The van der Waals surface area contributed by atoms with Gasteiger partial charge in [-0.1, -0.05) is 6.07 Å². The number of nitrogens with two attached hydrogens (primary N) is 1. The lowest BCUT2D eigenvalue weighted by Gasteiger charge is -2.08. The van der Waals surface area contributed by atoms with E-state index in [-0.39, 0.29) is 4.90 Å². The molecule has 1 heterocycles. The smallest absolute Gasteiger partial charge is 0.263 e. The predicted molar refractivity (Wildman–Crippen MR) is 80.0 cm³/mol. The van der Waals surface area contributed by atoms with Crippen molar-refractivity contribution < 1.29 is 8.42 Å². The molecule has 6 heteroatoms. The molecule has 0 aliphatic heterocycles. The minimum Gasteiger partial charge on any atom is -0.352 e. The van der Waals surface area contributed by atoms with E-state index in [9.17, 15) is 8.42 Å². The molecule has 2 rings (SSSR count). The maximum atomic E-state index is 12.3. The highest BCUT2D eigenvalue weighted by Gasteiger charge is 2.17. The SMILES string of the molecule is Cc1cc(C)cc(NS(=O)(=O)c2cc(CN)n(C)c2)c1. The molecular weight excluding hydrogens is 274 g/mol. The van der Waals surface area contributed by atoms with Crippen molar-refractivity contribution in [2.45, 2.75) is 25.3 Å². The zero-order chi connectivity index (χ0) is 14.9. The van der Waals surface area contributed by atoms with E-state index in [0.29, 0.717) is 12.2 Å². The molecular formula is C14H19N3O2S. The average molecular weight is 293 g/mol. The Balaban J connectivity index is 2.35. The van der Waals surface area contributed by atoms with Crippen molar-refractivity contribution in [2.75, 3.05) is 4.72 Å². The quantitative estimate of drug-likeness (QED) is 0.904. The van der Waals surface area contributed by atoms with Gasteiger partial charge in [0.05, 0.1) is 0 Å². The Hall–Kier alpha value is -1.79. The summed E-state index contributed by atoms with van der Waals surface area (Å²) in [7, 11) is -1.81. The number of sulfonamides is 1. The fraction of sp³-hybridized carbons (Fsp3) is 0.286. The van der Waals surface area contributed by atoms with Crippen molar-refractivity contribution in [2.24, 2.45) is 12.8 Å². The molecule has 3 N–H and O–H groups in total. The summed E-state index contributed by atoms with van der Waals surface area (Å²) in [6, 6.07) is 7.19. The molecule has 0 saturated carbocycles. The van der Waals surface area contributed by atoms with Gasteiger partial charge in [-0.25, -0.2) is 8.42 Å². The van der Waals surface area contributed by atoms with E-state index in [4.69, 9.17) is 5.73 Å². The van der Waals surface area contributed by atoms with E-state index in [2.05, 4.69) is 4.72 Å². The minimum atomic E-state index is -3.58. The van der Waals surface area contributed by atoms with E-state index in [1.54, 1.807) is 36.0 Å². The maximum Gasteiger partial charge on any atom is 0.263 e. The van der Waals surface area contributed by atoms with Gasteiger partial charge in [0.1, 0.15) is 4.90 Å². The lowest BCUT2D eigenvalue weighted by Crippen LogP contribution is -2.12. The van der Waals surface area contributed by atoms with Crippen LogP contribution < -0.4 is 10.5 Å². The Kier molecular flexibility index (Phi) is 3.87. The van der Waals surface area contributed by atoms with Crippen LogP contribution in [0.3, 0.4) is 0 Å². The lowest BCUT2D eigenvalue weighted by molar-refractivity contribution is 0.601. The summed E-state index contributed by atoms with van der Waals surface area (Å²) in [5.41, 5.74) is 8.93. The molecule has 0 atom stereocenters. The van der Waals surface area contributed by atoms with Gasteiger partial charge in [0, 0.05) is 31.2 Å². The third-order valence-electron chi connectivity index (χ3n) is 3.08. The van der Waals surface area contributed by atoms with Crippen LogP contribution in [-0.4, -0.2) is 13.0 Å². The first-order valence-corrected chi connectivity index (χ1v) is 7.76. The molecule has 0 unspecified atom stereocenters. The van der Waals surface area contributed by atoms with Crippen molar-refractivity contribution in [1.82, 2.24) is 4.57 Å². The normalized spacial score (nSPS) is 11.6. The summed E-state index contributed by atoms with van der Waals surface area (Å²) in [5, 5.41) is 0. The fourth-order valence-electron chi connectivity index (χ4n) is 2.17. The summed E-state index contributed by atoms with van der Waals surface area (Å²) < 4.78 is 29.0. The molecule has 0 radical (unpaired) electrons. The maximum absolute atomic E-state index is 12.3. The number of nitrogens with zero attached hydrogens (tertiary/aromatic N) is 1. The Morgan fingerprint density at radius 1 is 1.15 bits per heavy atom. The summed E-state index contributed by atoms with van der Waals surface area (Å²) in [4.78, 5) is 0.222. The number of aromatic nitrogens is 1. The van der Waals surface area contributed by atoms with Gasteiger partial charge in [-0.2, -0.15) is 0 Å². The van der Waals surface area contributed by atoms with Crippen LogP contribution in [0.5, 0.6) is 0 Å². The van der Waals surface area contributed by atoms with Crippen molar-refractivity contribution >= 4 is 15.7 Å². The molecule has 108 valence electrons. The monoisotopic (exact) mass is 293 g/mol. The minimum absolute atomic E-state index is 0.222. The van der Waals surface area contributed by atoms with Gasteiger partial charge in [-0.3, -0.25) is 4.72 Å². The van der Waals surface area contributed by atoms with Crippen LogP contribution in [0, 0.1) is 13.8 Å². The highest BCUT2D eigenvalue weighted by molar-refractivity contribution is 7.92. The fourth-order valence-corrected chi connectivity index (χ4v) is 3.31. The Labute approximate surface area is 119 Å². The first-order chi connectivity index (χ1) is 9.31. The first-order valence-electron chi connectivity index (χ1n) is 6.28. The number of benzene rings is 1. The van der Waals surface area contributed by atoms with Crippen LogP contribution in [0.25, 0.3) is 0 Å². The average Bonchev–Trinajstić information content (AvgIpc) is 2.69. The summed E-state index contributed by atoms with van der Waals surface area (Å²) in [6.45, 7) is 4.16.